The Kier molecular flexibility index (Phi) is 6.74. The van der Waals surface area contributed by atoms with Gasteiger partial charge in [0, 0.05) is 20.1 Å². The van der Waals surface area contributed by atoms with Crippen molar-refractivity contribution in [2.75, 3.05) is 26.8 Å². The molecule has 0 bridgehead atoms. The number of carbonyl (C=O) groups excluding carboxylic acids is 1. The van der Waals surface area contributed by atoms with Crippen LogP contribution in [0.2, 0.25) is 0 Å². The van der Waals surface area contributed by atoms with Gasteiger partial charge in [-0.05, 0) is 18.1 Å². The first kappa shape index (κ1) is 17.0. The van der Waals surface area contributed by atoms with Crippen molar-refractivity contribution in [2.45, 2.75) is 12.8 Å². The zero-order valence-electron chi connectivity index (χ0n) is 11.6. The van der Waals surface area contributed by atoms with E-state index in [0.717, 1.165) is 11.0 Å². The monoisotopic (exact) mass is 301 g/mol. The van der Waals surface area contributed by atoms with Gasteiger partial charge in [0.05, 0.1) is 6.61 Å². The van der Waals surface area contributed by atoms with Gasteiger partial charge in [-0.25, -0.2) is 8.78 Å². The molecule has 0 unspecified atom stereocenters. The highest BCUT2D eigenvalue weighted by molar-refractivity contribution is 5.81. The van der Waals surface area contributed by atoms with Crippen LogP contribution in [0.1, 0.15) is 12.0 Å². The van der Waals surface area contributed by atoms with Gasteiger partial charge in [0.1, 0.15) is 6.54 Å². The van der Waals surface area contributed by atoms with Crippen LogP contribution >= 0.6 is 0 Å². The van der Waals surface area contributed by atoms with Crippen LogP contribution in [0.25, 0.3) is 0 Å². The Labute approximate surface area is 121 Å². The van der Waals surface area contributed by atoms with Crippen LogP contribution in [0.15, 0.2) is 18.2 Å². The van der Waals surface area contributed by atoms with Crippen LogP contribution in [0, 0.1) is 11.6 Å². The third kappa shape index (κ3) is 5.47. The zero-order valence-corrected chi connectivity index (χ0v) is 11.6. The number of aryl methyl sites for hydroxylation is 1. The number of rotatable bonds is 8. The van der Waals surface area contributed by atoms with E-state index in [1.807, 2.05) is 0 Å². The lowest BCUT2D eigenvalue weighted by Gasteiger charge is -2.20. The lowest BCUT2D eigenvalue weighted by Crippen LogP contribution is -2.38. The molecule has 0 spiro atoms. The summed E-state index contributed by atoms with van der Waals surface area (Å²) >= 11 is 0. The van der Waals surface area contributed by atoms with Crippen molar-refractivity contribution in [1.82, 2.24) is 4.90 Å². The first-order valence-corrected chi connectivity index (χ1v) is 6.37. The SMILES string of the molecule is COCCN(CC(=O)O)C(=O)CCc1cccc(F)c1F. The Morgan fingerprint density at radius 2 is 2.05 bits per heavy atom. The molecule has 0 aliphatic heterocycles. The molecule has 116 valence electrons. The molecule has 1 rings (SSSR count). The zero-order chi connectivity index (χ0) is 15.8. The second kappa shape index (κ2) is 8.31. The molecule has 0 fully saturated rings. The van der Waals surface area contributed by atoms with E-state index in [-0.39, 0.29) is 31.6 Å². The Hall–Kier alpha value is -2.02. The standard InChI is InChI=1S/C14H17F2NO4/c1-21-8-7-17(9-13(19)20)12(18)6-5-10-3-2-4-11(15)14(10)16/h2-4H,5-9H2,1H3,(H,19,20). The van der Waals surface area contributed by atoms with Crippen LogP contribution in [0.4, 0.5) is 8.78 Å². The second-order valence-corrected chi connectivity index (χ2v) is 4.41. The van der Waals surface area contributed by atoms with E-state index < -0.39 is 30.1 Å². The number of nitrogens with zero attached hydrogens (tertiary/aromatic N) is 1. The van der Waals surface area contributed by atoms with E-state index >= 15 is 0 Å². The molecule has 0 radical (unpaired) electrons. The number of carbonyl (C=O) groups is 2. The van der Waals surface area contributed by atoms with Crippen LogP contribution in [-0.2, 0) is 20.7 Å². The molecular formula is C14H17F2NO4. The number of methoxy groups -OCH3 is 1. The maximum absolute atomic E-state index is 13.5. The van der Waals surface area contributed by atoms with Crippen molar-refractivity contribution in [3.63, 3.8) is 0 Å². The minimum absolute atomic E-state index is 0.00548. The number of hydrogen-bond acceptors (Lipinski definition) is 3. The van der Waals surface area contributed by atoms with Gasteiger partial charge >= 0.3 is 5.97 Å². The molecule has 1 N–H and O–H groups in total. The molecule has 0 aromatic heterocycles. The van der Waals surface area contributed by atoms with Crippen molar-refractivity contribution < 1.29 is 28.2 Å². The maximum atomic E-state index is 13.5. The summed E-state index contributed by atoms with van der Waals surface area (Å²) in [6.45, 7) is -0.117. The first-order valence-electron chi connectivity index (χ1n) is 6.37. The van der Waals surface area contributed by atoms with Crippen molar-refractivity contribution in [3.05, 3.63) is 35.4 Å². The Balaban J connectivity index is 2.64. The Morgan fingerprint density at radius 1 is 1.33 bits per heavy atom. The molecule has 0 heterocycles. The number of aliphatic carboxylic acids is 1. The second-order valence-electron chi connectivity index (χ2n) is 4.41. The highest BCUT2D eigenvalue weighted by atomic mass is 19.2. The summed E-state index contributed by atoms with van der Waals surface area (Å²) in [6, 6.07) is 3.75. The Bertz CT molecular complexity index is 508. The van der Waals surface area contributed by atoms with E-state index in [1.165, 1.54) is 19.2 Å². The molecule has 21 heavy (non-hydrogen) atoms. The molecule has 1 aromatic rings. The smallest absolute Gasteiger partial charge is 0.323 e. The summed E-state index contributed by atoms with van der Waals surface area (Å²) < 4.78 is 31.3. The van der Waals surface area contributed by atoms with E-state index in [2.05, 4.69) is 0 Å². The minimum Gasteiger partial charge on any atom is -0.480 e. The molecule has 0 aliphatic rings. The number of hydrogen-bond donors (Lipinski definition) is 1. The number of halogens is 2. The van der Waals surface area contributed by atoms with Gasteiger partial charge in [-0.3, -0.25) is 9.59 Å². The predicted molar refractivity (Wildman–Crippen MR) is 70.8 cm³/mol. The minimum atomic E-state index is -1.14. The summed E-state index contributed by atoms with van der Waals surface area (Å²) in [4.78, 5) is 23.8. The highest BCUT2D eigenvalue weighted by Gasteiger charge is 2.17. The molecular weight excluding hydrogens is 284 g/mol. The van der Waals surface area contributed by atoms with Crippen LogP contribution in [-0.4, -0.2) is 48.7 Å². The Morgan fingerprint density at radius 3 is 2.67 bits per heavy atom. The predicted octanol–water partition coefficient (Wildman–Crippen LogP) is 1.46. The van der Waals surface area contributed by atoms with Crippen LogP contribution < -0.4 is 0 Å². The van der Waals surface area contributed by atoms with Crippen molar-refractivity contribution >= 4 is 11.9 Å². The lowest BCUT2D eigenvalue weighted by molar-refractivity contribution is -0.144. The molecule has 0 atom stereocenters. The number of amides is 1. The average Bonchev–Trinajstić information content (AvgIpc) is 2.44. The third-order valence-corrected chi connectivity index (χ3v) is 2.88. The summed E-state index contributed by atoms with van der Waals surface area (Å²) in [5, 5.41) is 8.75. The summed E-state index contributed by atoms with van der Waals surface area (Å²) in [7, 11) is 1.44. The van der Waals surface area contributed by atoms with E-state index in [0.29, 0.717) is 0 Å². The number of carboxylic acid groups (broad SMARTS) is 1. The van der Waals surface area contributed by atoms with Gasteiger partial charge in [0.15, 0.2) is 11.6 Å². The van der Waals surface area contributed by atoms with Crippen molar-refractivity contribution in [3.8, 4) is 0 Å². The fourth-order valence-corrected chi connectivity index (χ4v) is 1.80. The molecule has 1 amide bonds. The third-order valence-electron chi connectivity index (χ3n) is 2.88. The normalized spacial score (nSPS) is 10.4. The van der Waals surface area contributed by atoms with Gasteiger partial charge in [-0.2, -0.15) is 0 Å². The summed E-state index contributed by atoms with van der Waals surface area (Å²) in [5.41, 5.74) is 0.0883. The van der Waals surface area contributed by atoms with Gasteiger partial charge in [-0.1, -0.05) is 12.1 Å². The molecule has 5 nitrogen and oxygen atoms in total. The topological polar surface area (TPSA) is 66.8 Å². The lowest BCUT2D eigenvalue weighted by atomic mass is 10.1. The number of benzene rings is 1. The number of ether oxygens (including phenoxy) is 1. The summed E-state index contributed by atoms with van der Waals surface area (Å²) in [6.07, 6.45) is -0.0943. The molecule has 7 heteroatoms. The van der Waals surface area contributed by atoms with Gasteiger partial charge in [0.2, 0.25) is 5.91 Å². The average molecular weight is 301 g/mol. The van der Waals surface area contributed by atoms with Crippen molar-refractivity contribution in [2.24, 2.45) is 0 Å². The van der Waals surface area contributed by atoms with Gasteiger partial charge < -0.3 is 14.7 Å². The molecule has 0 saturated carbocycles. The largest absolute Gasteiger partial charge is 0.480 e. The van der Waals surface area contributed by atoms with Gasteiger partial charge in [-0.15, -0.1) is 0 Å². The molecule has 0 saturated heterocycles. The highest BCUT2D eigenvalue weighted by Crippen LogP contribution is 2.13. The number of carboxylic acids is 1. The van der Waals surface area contributed by atoms with E-state index in [1.54, 1.807) is 0 Å². The summed E-state index contributed by atoms with van der Waals surface area (Å²) in [5.74, 6) is -3.54. The van der Waals surface area contributed by atoms with Crippen molar-refractivity contribution in [1.29, 1.82) is 0 Å². The quantitative estimate of drug-likeness (QED) is 0.789. The van der Waals surface area contributed by atoms with E-state index in [9.17, 15) is 18.4 Å². The van der Waals surface area contributed by atoms with E-state index in [4.69, 9.17) is 9.84 Å². The van der Waals surface area contributed by atoms with Crippen LogP contribution in [0.3, 0.4) is 0 Å². The fourth-order valence-electron chi connectivity index (χ4n) is 1.80. The van der Waals surface area contributed by atoms with Gasteiger partial charge in [0.25, 0.3) is 0 Å². The first-order chi connectivity index (χ1) is 9.95. The fraction of sp³-hybridized carbons (Fsp3) is 0.429. The maximum Gasteiger partial charge on any atom is 0.323 e. The molecule has 0 aliphatic carbocycles. The van der Waals surface area contributed by atoms with Crippen LogP contribution in [0.5, 0.6) is 0 Å². The molecule has 1 aromatic carbocycles.